The van der Waals surface area contributed by atoms with Crippen molar-refractivity contribution < 1.29 is 4.79 Å². The van der Waals surface area contributed by atoms with Crippen molar-refractivity contribution in [3.8, 4) is 5.82 Å². The molecule has 0 unspecified atom stereocenters. The second kappa shape index (κ2) is 7.67. The van der Waals surface area contributed by atoms with Crippen molar-refractivity contribution in [3.63, 3.8) is 0 Å². The predicted octanol–water partition coefficient (Wildman–Crippen LogP) is 2.55. The summed E-state index contributed by atoms with van der Waals surface area (Å²) >= 11 is 3.59. The Morgan fingerprint density at radius 2 is 2.04 bits per heavy atom. The molecule has 1 aliphatic rings. The Morgan fingerprint density at radius 3 is 2.79 bits per heavy atom. The molecule has 144 valence electrons. The van der Waals surface area contributed by atoms with Gasteiger partial charge in [0.25, 0.3) is 5.91 Å². The highest BCUT2D eigenvalue weighted by Gasteiger charge is 2.27. The van der Waals surface area contributed by atoms with Crippen molar-refractivity contribution in [1.82, 2.24) is 29.9 Å². The third-order valence-corrected chi connectivity index (χ3v) is 5.52. The number of hydrogen-bond acceptors (Lipinski definition) is 6. The van der Waals surface area contributed by atoms with Crippen molar-refractivity contribution in [2.45, 2.75) is 32.7 Å². The molecular weight excluding hydrogens is 422 g/mol. The van der Waals surface area contributed by atoms with E-state index >= 15 is 0 Å². The lowest BCUT2D eigenvalue weighted by Crippen LogP contribution is -2.37. The molecule has 0 saturated heterocycles. The monoisotopic (exact) mass is 441 g/mol. The van der Waals surface area contributed by atoms with Crippen LogP contribution in [0.5, 0.6) is 0 Å². The number of carbonyl (C=O) groups is 1. The molecule has 0 spiro atoms. The number of hydrogen-bond donors (Lipinski definition) is 1. The molecule has 0 aliphatic carbocycles. The first-order valence-corrected chi connectivity index (χ1v) is 9.96. The Labute approximate surface area is 170 Å². The van der Waals surface area contributed by atoms with Crippen LogP contribution in [-0.4, -0.2) is 42.3 Å². The third-order valence-electron chi connectivity index (χ3n) is 4.77. The first-order valence-electron chi connectivity index (χ1n) is 9.17. The van der Waals surface area contributed by atoms with Crippen LogP contribution in [0.1, 0.15) is 40.7 Å². The van der Waals surface area contributed by atoms with E-state index in [9.17, 15) is 4.79 Å². The van der Waals surface area contributed by atoms with E-state index < -0.39 is 0 Å². The molecular formula is C19H20BrN7O. The zero-order valence-electron chi connectivity index (χ0n) is 15.5. The van der Waals surface area contributed by atoms with Gasteiger partial charge < -0.3 is 10.6 Å². The van der Waals surface area contributed by atoms with Crippen LogP contribution >= 0.6 is 15.9 Å². The van der Waals surface area contributed by atoms with Gasteiger partial charge in [0.1, 0.15) is 0 Å². The Bertz CT molecular complexity index is 1020. The molecule has 8 nitrogen and oxygen atoms in total. The van der Waals surface area contributed by atoms with Gasteiger partial charge in [-0.05, 0) is 30.0 Å². The number of amides is 1. The number of aryl methyl sites for hydroxylation is 1. The van der Waals surface area contributed by atoms with E-state index in [4.69, 9.17) is 5.73 Å². The van der Waals surface area contributed by atoms with E-state index in [2.05, 4.69) is 42.2 Å². The number of rotatable bonds is 4. The van der Waals surface area contributed by atoms with Gasteiger partial charge in [-0.2, -0.15) is 10.2 Å². The molecule has 4 rings (SSSR count). The van der Waals surface area contributed by atoms with Crippen LogP contribution in [0.2, 0.25) is 0 Å². The minimum atomic E-state index is -0.205. The molecule has 1 aliphatic heterocycles. The van der Waals surface area contributed by atoms with Crippen LogP contribution in [0.15, 0.2) is 35.1 Å². The third kappa shape index (κ3) is 3.37. The first-order chi connectivity index (χ1) is 13.6. The van der Waals surface area contributed by atoms with Crippen LogP contribution in [0.25, 0.3) is 5.82 Å². The fraction of sp³-hybridized carbons (Fsp3) is 0.316. The van der Waals surface area contributed by atoms with E-state index in [0.29, 0.717) is 31.0 Å². The molecule has 1 aromatic carbocycles. The standard InChI is InChI=1S/C19H20BrN7O/c1-2-4-15-18(27-22-8-9-23-27)25-17(21)16(24-15)19(28)26-10-7-12-5-3-6-14(20)13(12)11-26/h3,5-6,8-9H,2,4,7,10-11H2,1H3,(H2,21,25). The van der Waals surface area contributed by atoms with Crippen LogP contribution in [0.4, 0.5) is 5.82 Å². The lowest BCUT2D eigenvalue weighted by atomic mass is 9.99. The molecule has 28 heavy (non-hydrogen) atoms. The zero-order valence-corrected chi connectivity index (χ0v) is 17.1. The number of anilines is 1. The minimum absolute atomic E-state index is 0.0927. The molecule has 1 amide bonds. The normalized spacial score (nSPS) is 13.4. The Kier molecular flexibility index (Phi) is 5.08. The second-order valence-corrected chi connectivity index (χ2v) is 7.50. The van der Waals surface area contributed by atoms with Crippen LogP contribution < -0.4 is 5.73 Å². The predicted molar refractivity (Wildman–Crippen MR) is 108 cm³/mol. The second-order valence-electron chi connectivity index (χ2n) is 6.65. The number of fused-ring (bicyclic) bond motifs is 1. The van der Waals surface area contributed by atoms with Crippen LogP contribution in [-0.2, 0) is 19.4 Å². The van der Waals surface area contributed by atoms with E-state index in [1.54, 1.807) is 17.3 Å². The number of benzene rings is 1. The van der Waals surface area contributed by atoms with Gasteiger partial charge in [-0.1, -0.05) is 41.4 Å². The molecule has 2 N–H and O–H groups in total. The highest BCUT2D eigenvalue weighted by molar-refractivity contribution is 9.10. The lowest BCUT2D eigenvalue weighted by Gasteiger charge is -2.29. The topological polar surface area (TPSA) is 103 Å². The highest BCUT2D eigenvalue weighted by Crippen LogP contribution is 2.28. The molecule has 0 fully saturated rings. The Hall–Kier alpha value is -2.81. The fourth-order valence-corrected chi connectivity index (χ4v) is 3.92. The molecule has 9 heteroatoms. The molecule has 0 radical (unpaired) electrons. The maximum atomic E-state index is 13.2. The number of halogens is 1. The summed E-state index contributed by atoms with van der Waals surface area (Å²) in [5, 5.41) is 8.23. The Morgan fingerprint density at radius 1 is 1.25 bits per heavy atom. The van der Waals surface area contributed by atoms with Gasteiger partial charge in [0, 0.05) is 17.6 Å². The summed E-state index contributed by atoms with van der Waals surface area (Å²) in [5.41, 5.74) is 9.36. The van der Waals surface area contributed by atoms with E-state index in [-0.39, 0.29) is 17.4 Å². The molecule has 3 heterocycles. The fourth-order valence-electron chi connectivity index (χ4n) is 3.38. The van der Waals surface area contributed by atoms with Crippen LogP contribution in [0, 0.1) is 0 Å². The van der Waals surface area contributed by atoms with Gasteiger partial charge in [-0.15, -0.1) is 4.80 Å². The zero-order chi connectivity index (χ0) is 19.7. The number of aromatic nitrogens is 5. The lowest BCUT2D eigenvalue weighted by molar-refractivity contribution is 0.0728. The summed E-state index contributed by atoms with van der Waals surface area (Å²) in [4.78, 5) is 25.3. The quantitative estimate of drug-likeness (QED) is 0.666. The van der Waals surface area contributed by atoms with Gasteiger partial charge >= 0.3 is 0 Å². The Balaban J connectivity index is 1.68. The van der Waals surface area contributed by atoms with Crippen molar-refractivity contribution in [2.75, 3.05) is 12.3 Å². The number of carbonyl (C=O) groups excluding carboxylic acids is 1. The maximum absolute atomic E-state index is 13.2. The van der Waals surface area contributed by atoms with Gasteiger partial charge in [0.15, 0.2) is 17.3 Å². The summed E-state index contributed by atoms with van der Waals surface area (Å²) in [7, 11) is 0. The van der Waals surface area contributed by atoms with Crippen molar-refractivity contribution in [1.29, 1.82) is 0 Å². The average molecular weight is 442 g/mol. The summed E-state index contributed by atoms with van der Waals surface area (Å²) in [6.07, 6.45) is 5.43. The van der Waals surface area contributed by atoms with Gasteiger partial charge in [-0.25, -0.2) is 9.97 Å². The van der Waals surface area contributed by atoms with Crippen molar-refractivity contribution >= 4 is 27.7 Å². The molecule has 0 saturated carbocycles. The SMILES string of the molecule is CCCc1nc(C(=O)N2CCc3cccc(Br)c3C2)c(N)nc1-n1nccn1. The van der Waals surface area contributed by atoms with E-state index in [0.717, 1.165) is 22.9 Å². The highest BCUT2D eigenvalue weighted by atomic mass is 79.9. The number of nitrogens with two attached hydrogens (primary N) is 1. The van der Waals surface area contributed by atoms with E-state index in [1.807, 2.05) is 19.1 Å². The molecule has 0 atom stereocenters. The van der Waals surface area contributed by atoms with Crippen molar-refractivity contribution in [3.05, 3.63) is 57.6 Å². The van der Waals surface area contributed by atoms with Gasteiger partial charge in [0.2, 0.25) is 0 Å². The smallest absolute Gasteiger partial charge is 0.276 e. The van der Waals surface area contributed by atoms with Gasteiger partial charge in [0.05, 0.1) is 18.1 Å². The average Bonchev–Trinajstić information content (AvgIpc) is 3.23. The largest absolute Gasteiger partial charge is 0.382 e. The van der Waals surface area contributed by atoms with Crippen LogP contribution in [0.3, 0.4) is 0 Å². The molecule has 2 aromatic heterocycles. The van der Waals surface area contributed by atoms with Gasteiger partial charge in [-0.3, -0.25) is 4.79 Å². The molecule has 0 bridgehead atoms. The summed E-state index contributed by atoms with van der Waals surface area (Å²) in [5.74, 6) is 0.353. The minimum Gasteiger partial charge on any atom is -0.382 e. The molecule has 3 aromatic rings. The summed E-state index contributed by atoms with van der Waals surface area (Å²) < 4.78 is 1.01. The number of nitrogen functional groups attached to an aromatic ring is 1. The van der Waals surface area contributed by atoms with E-state index in [1.165, 1.54) is 10.4 Å². The number of nitrogens with zero attached hydrogens (tertiary/aromatic N) is 6. The summed E-state index contributed by atoms with van der Waals surface area (Å²) in [6, 6.07) is 6.11. The summed E-state index contributed by atoms with van der Waals surface area (Å²) in [6.45, 7) is 3.18. The maximum Gasteiger partial charge on any atom is 0.276 e. The first kappa shape index (κ1) is 18.5. The van der Waals surface area contributed by atoms with Crippen molar-refractivity contribution in [2.24, 2.45) is 0 Å².